The summed E-state index contributed by atoms with van der Waals surface area (Å²) in [4.78, 5) is 5.04. The summed E-state index contributed by atoms with van der Waals surface area (Å²) in [7, 11) is 0. The summed E-state index contributed by atoms with van der Waals surface area (Å²) >= 11 is 0. The molecule has 0 atom stereocenters. The first-order valence-electron chi connectivity index (χ1n) is 14.5. The summed E-state index contributed by atoms with van der Waals surface area (Å²) in [5.41, 5.74) is 10.2. The van der Waals surface area contributed by atoms with Gasteiger partial charge in [-0.2, -0.15) is 0 Å². The van der Waals surface area contributed by atoms with E-state index in [1.54, 1.807) is 0 Å². The maximum atomic E-state index is 5.04. The quantitative estimate of drug-likeness (QED) is 0.202. The van der Waals surface area contributed by atoms with E-state index < -0.39 is 0 Å². The zero-order chi connectivity index (χ0) is 29.6. The second kappa shape index (κ2) is 10.3. The van der Waals surface area contributed by atoms with Gasteiger partial charge < -0.3 is 0 Å². The number of imidazole rings is 1. The average Bonchev–Trinajstić information content (AvgIpc) is 3.71. The number of hydrogen-bond acceptors (Lipinski definition) is 3. The fourth-order valence-electron chi connectivity index (χ4n) is 6.15. The van der Waals surface area contributed by atoms with Crippen molar-refractivity contribution < 1.29 is 0 Å². The Balaban J connectivity index is 1.27. The van der Waals surface area contributed by atoms with Gasteiger partial charge in [0.25, 0.3) is 0 Å². The number of fused-ring (bicyclic) bond motifs is 5. The van der Waals surface area contributed by atoms with Crippen molar-refractivity contribution >= 4 is 39.6 Å². The zero-order valence-electron chi connectivity index (χ0n) is 23.9. The lowest BCUT2D eigenvalue weighted by molar-refractivity contribution is 1.07. The Morgan fingerprint density at radius 2 is 1.16 bits per heavy atom. The van der Waals surface area contributed by atoms with Gasteiger partial charge in [-0.1, -0.05) is 116 Å². The molecule has 44 heavy (non-hydrogen) atoms. The van der Waals surface area contributed by atoms with Crippen LogP contribution in [-0.2, 0) is 0 Å². The highest BCUT2D eigenvalue weighted by Crippen LogP contribution is 2.35. The molecule has 3 heterocycles. The summed E-state index contributed by atoms with van der Waals surface area (Å²) in [6, 6.07) is 43.7. The van der Waals surface area contributed by atoms with Gasteiger partial charge in [-0.15, -0.1) is 10.2 Å². The third kappa shape index (κ3) is 3.98. The Morgan fingerprint density at radius 3 is 1.86 bits per heavy atom. The van der Waals surface area contributed by atoms with Crippen LogP contribution in [0.2, 0.25) is 0 Å². The molecule has 8 aromatic rings. The van der Waals surface area contributed by atoms with Gasteiger partial charge in [0.05, 0.1) is 16.7 Å². The first-order valence-corrected chi connectivity index (χ1v) is 14.5. The van der Waals surface area contributed by atoms with E-state index in [1.165, 1.54) is 0 Å². The van der Waals surface area contributed by atoms with E-state index in [4.69, 9.17) is 4.98 Å². The monoisotopic (exact) mass is 565 g/mol. The van der Waals surface area contributed by atoms with Crippen molar-refractivity contribution in [3.8, 4) is 39.6 Å². The topological polar surface area (TPSA) is 48.0 Å². The van der Waals surface area contributed by atoms with Crippen LogP contribution in [0.1, 0.15) is 11.3 Å². The van der Waals surface area contributed by atoms with Crippen molar-refractivity contribution in [3.05, 3.63) is 152 Å². The molecule has 0 unspecified atom stereocenters. The van der Waals surface area contributed by atoms with Gasteiger partial charge >= 0.3 is 0 Å². The predicted molar refractivity (Wildman–Crippen MR) is 182 cm³/mol. The van der Waals surface area contributed by atoms with Crippen molar-refractivity contribution in [2.45, 2.75) is 0 Å². The van der Waals surface area contributed by atoms with Crippen LogP contribution in [0.5, 0.6) is 0 Å². The van der Waals surface area contributed by atoms with Crippen LogP contribution in [0, 0.1) is 0 Å². The van der Waals surface area contributed by atoms with Gasteiger partial charge in [-0.3, -0.25) is 8.97 Å². The Labute approximate surface area is 254 Å². The van der Waals surface area contributed by atoms with Gasteiger partial charge in [0.2, 0.25) is 0 Å². The van der Waals surface area contributed by atoms with Gasteiger partial charge in [-0.05, 0) is 52.9 Å². The number of hydrogen-bond donors (Lipinski definition) is 0. The molecule has 0 amide bonds. The van der Waals surface area contributed by atoms with Crippen molar-refractivity contribution in [1.29, 1.82) is 0 Å². The van der Waals surface area contributed by atoms with E-state index in [9.17, 15) is 0 Å². The predicted octanol–water partition coefficient (Wildman–Crippen LogP) is 9.51. The van der Waals surface area contributed by atoms with Gasteiger partial charge in [-0.25, -0.2) is 4.98 Å². The molecule has 5 aromatic carbocycles. The molecule has 0 bridgehead atoms. The van der Waals surface area contributed by atoms with Crippen LogP contribution in [0.3, 0.4) is 0 Å². The van der Waals surface area contributed by atoms with Crippen molar-refractivity contribution in [2.24, 2.45) is 0 Å². The summed E-state index contributed by atoms with van der Waals surface area (Å²) < 4.78 is 4.31. The van der Waals surface area contributed by atoms with E-state index in [0.717, 1.165) is 78.3 Å². The van der Waals surface area contributed by atoms with E-state index in [0.29, 0.717) is 0 Å². The Hall–Kier alpha value is -6.07. The van der Waals surface area contributed by atoms with Crippen LogP contribution >= 0.6 is 0 Å². The minimum Gasteiger partial charge on any atom is -0.292 e. The third-order valence-corrected chi connectivity index (χ3v) is 8.21. The summed E-state index contributed by atoms with van der Waals surface area (Å²) in [5, 5.41) is 11.4. The molecule has 8 rings (SSSR count). The van der Waals surface area contributed by atoms with Crippen molar-refractivity contribution in [3.63, 3.8) is 0 Å². The maximum absolute atomic E-state index is 5.04. The van der Waals surface area contributed by atoms with E-state index in [-0.39, 0.29) is 0 Å². The molecule has 3 aromatic heterocycles. The van der Waals surface area contributed by atoms with Crippen LogP contribution in [0.25, 0.3) is 79.2 Å². The fraction of sp³-hybridized carbons (Fsp3) is 0. The first kappa shape index (κ1) is 25.6. The standard InChI is InChI=1S/C39H27N5/c1-3-31-32-24-23-29(25-33(32)39-40-34-17-11-12-18-36(34)44(39)35(31)4-2)26-19-21-28(22-20-26)38-42-41-37(27-13-7-5-8-14-27)43(38)30-15-9-6-10-16-30/h3-25H,1-2H2. The third-order valence-electron chi connectivity index (χ3n) is 8.21. The highest BCUT2D eigenvalue weighted by molar-refractivity contribution is 6.05. The largest absolute Gasteiger partial charge is 0.292 e. The number of rotatable bonds is 6. The smallest absolute Gasteiger partial charge is 0.168 e. The van der Waals surface area contributed by atoms with Crippen LogP contribution in [-0.4, -0.2) is 24.1 Å². The second-order valence-electron chi connectivity index (χ2n) is 10.7. The molecule has 208 valence electrons. The average molecular weight is 566 g/mol. The molecular formula is C39H27N5. The SMILES string of the molecule is C=Cc1c(C=C)n2c3ccccc3nc2c2cc(-c3ccc(-c4nnc(-c5ccccc5)n4-c4ccccc4)cc3)ccc12. The Bertz CT molecular complexity index is 2340. The molecule has 5 nitrogen and oxygen atoms in total. The lowest BCUT2D eigenvalue weighted by atomic mass is 9.97. The number of pyridine rings is 1. The molecule has 0 saturated heterocycles. The minimum absolute atomic E-state index is 0.790. The first-order chi connectivity index (χ1) is 21.7. The lowest BCUT2D eigenvalue weighted by Gasteiger charge is -2.14. The highest BCUT2D eigenvalue weighted by atomic mass is 15.3. The van der Waals surface area contributed by atoms with E-state index >= 15 is 0 Å². The van der Waals surface area contributed by atoms with Crippen molar-refractivity contribution in [2.75, 3.05) is 0 Å². The van der Waals surface area contributed by atoms with Crippen molar-refractivity contribution in [1.82, 2.24) is 24.1 Å². The number of nitrogens with zero attached hydrogens (tertiary/aromatic N) is 5. The molecule has 0 radical (unpaired) electrons. The normalized spacial score (nSPS) is 11.4. The van der Waals surface area contributed by atoms with Crippen LogP contribution < -0.4 is 0 Å². The molecule has 0 aliphatic rings. The molecule has 5 heteroatoms. The molecular weight excluding hydrogens is 538 g/mol. The number of benzene rings is 5. The summed E-state index contributed by atoms with van der Waals surface area (Å²) in [6.45, 7) is 8.25. The summed E-state index contributed by atoms with van der Waals surface area (Å²) in [5.74, 6) is 1.59. The Morgan fingerprint density at radius 1 is 0.545 bits per heavy atom. The van der Waals surface area contributed by atoms with Gasteiger partial charge in [0, 0.05) is 27.8 Å². The molecule has 0 N–H and O–H groups in total. The lowest BCUT2D eigenvalue weighted by Crippen LogP contribution is -2.00. The maximum Gasteiger partial charge on any atom is 0.168 e. The fourth-order valence-corrected chi connectivity index (χ4v) is 6.15. The minimum atomic E-state index is 0.790. The molecule has 0 spiro atoms. The summed E-state index contributed by atoms with van der Waals surface area (Å²) in [6.07, 6.45) is 3.80. The molecule has 0 aliphatic heterocycles. The molecule has 0 saturated carbocycles. The van der Waals surface area contributed by atoms with Gasteiger partial charge in [0.1, 0.15) is 5.65 Å². The zero-order valence-corrected chi connectivity index (χ0v) is 23.9. The van der Waals surface area contributed by atoms with Crippen LogP contribution in [0.4, 0.5) is 0 Å². The van der Waals surface area contributed by atoms with E-state index in [1.807, 2.05) is 60.7 Å². The van der Waals surface area contributed by atoms with Crippen LogP contribution in [0.15, 0.2) is 141 Å². The van der Waals surface area contributed by atoms with Gasteiger partial charge in [0.15, 0.2) is 11.6 Å². The number of para-hydroxylation sites is 3. The molecule has 0 fully saturated rings. The molecule has 0 aliphatic carbocycles. The Kier molecular flexibility index (Phi) is 6.02. The highest BCUT2D eigenvalue weighted by Gasteiger charge is 2.18. The number of aromatic nitrogens is 5. The van der Waals surface area contributed by atoms with E-state index in [2.05, 4.69) is 111 Å². The second-order valence-corrected chi connectivity index (χ2v) is 10.7.